The second-order valence-electron chi connectivity index (χ2n) is 6.08. The van der Waals surface area contributed by atoms with Crippen LogP contribution in [-0.4, -0.2) is 29.0 Å². The van der Waals surface area contributed by atoms with E-state index >= 15 is 0 Å². The van der Waals surface area contributed by atoms with Crippen molar-refractivity contribution in [3.05, 3.63) is 46.6 Å². The summed E-state index contributed by atoms with van der Waals surface area (Å²) in [6, 6.07) is 7.21. The first-order valence-corrected chi connectivity index (χ1v) is 9.19. The predicted octanol–water partition coefficient (Wildman–Crippen LogP) is 3.43. The van der Waals surface area contributed by atoms with E-state index in [9.17, 15) is 4.79 Å². The fourth-order valence-electron chi connectivity index (χ4n) is 2.75. The summed E-state index contributed by atoms with van der Waals surface area (Å²) < 4.78 is 5.31. The van der Waals surface area contributed by atoms with Crippen molar-refractivity contribution in [2.45, 2.75) is 33.4 Å². The number of benzene rings is 1. The van der Waals surface area contributed by atoms with Gasteiger partial charge in [-0.25, -0.2) is 9.97 Å². The Kier molecular flexibility index (Phi) is 5.37. The van der Waals surface area contributed by atoms with Crippen LogP contribution in [0, 0.1) is 13.8 Å². The van der Waals surface area contributed by atoms with Crippen LogP contribution in [0.25, 0.3) is 10.2 Å². The number of methoxy groups -OCH3 is 1. The Morgan fingerprint density at radius 2 is 2.04 bits per heavy atom. The van der Waals surface area contributed by atoms with Crippen molar-refractivity contribution in [3.8, 4) is 5.75 Å². The molecule has 2 heterocycles. The highest BCUT2D eigenvalue weighted by molar-refractivity contribution is 7.18. The lowest BCUT2D eigenvalue weighted by Gasteiger charge is -2.16. The lowest BCUT2D eigenvalue weighted by Crippen LogP contribution is -2.37. The number of para-hydroxylation sites is 1. The number of nitrogens with zero attached hydrogens (tertiary/aromatic N) is 2. The molecule has 2 aromatic heterocycles. The van der Waals surface area contributed by atoms with Crippen LogP contribution in [0.3, 0.4) is 0 Å². The van der Waals surface area contributed by atoms with Crippen LogP contribution in [-0.2, 0) is 11.3 Å². The molecule has 0 unspecified atom stereocenters. The number of hydrogen-bond donors (Lipinski definition) is 2. The van der Waals surface area contributed by atoms with Crippen LogP contribution >= 0.6 is 11.3 Å². The normalized spacial score (nSPS) is 12.0. The second kappa shape index (κ2) is 7.70. The molecular weight excluding hydrogens is 348 g/mol. The molecule has 0 bridgehead atoms. The van der Waals surface area contributed by atoms with Crippen molar-refractivity contribution in [1.29, 1.82) is 0 Å². The molecule has 0 saturated heterocycles. The van der Waals surface area contributed by atoms with Crippen LogP contribution < -0.4 is 15.4 Å². The standard InChI is InChI=1S/C19H22N4O2S/c1-11-13(3)26-19-16(11)17(21-10-22-19)23-12(2)18(24)20-9-14-7-5-6-8-15(14)25-4/h5-8,10,12H,9H2,1-4H3,(H,20,24)(H,21,22,23)/t12-/m0/s1. The summed E-state index contributed by atoms with van der Waals surface area (Å²) >= 11 is 1.63. The maximum Gasteiger partial charge on any atom is 0.242 e. The van der Waals surface area contributed by atoms with E-state index in [1.54, 1.807) is 18.4 Å². The minimum atomic E-state index is -0.428. The van der Waals surface area contributed by atoms with Gasteiger partial charge in [0.05, 0.1) is 12.5 Å². The van der Waals surface area contributed by atoms with Crippen LogP contribution in [0.2, 0.25) is 0 Å². The van der Waals surface area contributed by atoms with Gasteiger partial charge in [0.1, 0.15) is 28.8 Å². The predicted molar refractivity (Wildman–Crippen MR) is 105 cm³/mol. The number of fused-ring (bicyclic) bond motifs is 1. The number of nitrogens with one attached hydrogen (secondary N) is 2. The highest BCUT2D eigenvalue weighted by Gasteiger charge is 2.17. The summed E-state index contributed by atoms with van der Waals surface area (Å²) in [6.07, 6.45) is 1.53. The van der Waals surface area contributed by atoms with Gasteiger partial charge in [0, 0.05) is 17.0 Å². The van der Waals surface area contributed by atoms with E-state index in [4.69, 9.17) is 4.74 Å². The zero-order valence-corrected chi connectivity index (χ0v) is 16.1. The Morgan fingerprint density at radius 1 is 1.27 bits per heavy atom. The maximum absolute atomic E-state index is 12.5. The zero-order valence-electron chi connectivity index (χ0n) is 15.3. The van der Waals surface area contributed by atoms with E-state index in [-0.39, 0.29) is 5.91 Å². The van der Waals surface area contributed by atoms with Crippen molar-refractivity contribution in [3.63, 3.8) is 0 Å². The Hall–Kier alpha value is -2.67. The fourth-order valence-corrected chi connectivity index (χ4v) is 3.74. The molecule has 1 amide bonds. The molecule has 0 saturated carbocycles. The van der Waals surface area contributed by atoms with Crippen molar-refractivity contribution >= 4 is 33.3 Å². The van der Waals surface area contributed by atoms with Gasteiger partial charge in [-0.15, -0.1) is 11.3 Å². The van der Waals surface area contributed by atoms with E-state index in [2.05, 4.69) is 34.4 Å². The lowest BCUT2D eigenvalue weighted by atomic mass is 10.2. The van der Waals surface area contributed by atoms with Gasteiger partial charge in [0.15, 0.2) is 0 Å². The minimum absolute atomic E-state index is 0.104. The quantitative estimate of drug-likeness (QED) is 0.695. The number of ether oxygens (including phenoxy) is 1. The average molecular weight is 370 g/mol. The SMILES string of the molecule is COc1ccccc1CNC(=O)[C@H](C)Nc1ncnc2sc(C)c(C)c12. The Balaban J connectivity index is 1.70. The first kappa shape index (κ1) is 18.1. The minimum Gasteiger partial charge on any atom is -0.496 e. The summed E-state index contributed by atoms with van der Waals surface area (Å²) in [7, 11) is 1.62. The molecule has 0 spiro atoms. The number of anilines is 1. The Labute approximate surface area is 156 Å². The molecule has 0 aliphatic carbocycles. The number of aryl methyl sites for hydroxylation is 2. The number of aromatic nitrogens is 2. The van der Waals surface area contributed by atoms with Crippen molar-refractivity contribution in [1.82, 2.24) is 15.3 Å². The smallest absolute Gasteiger partial charge is 0.242 e. The van der Waals surface area contributed by atoms with Crippen LogP contribution in [0.5, 0.6) is 5.75 Å². The van der Waals surface area contributed by atoms with E-state index < -0.39 is 6.04 Å². The largest absolute Gasteiger partial charge is 0.496 e. The van der Waals surface area contributed by atoms with Gasteiger partial charge < -0.3 is 15.4 Å². The third-order valence-electron chi connectivity index (χ3n) is 4.36. The zero-order chi connectivity index (χ0) is 18.7. The topological polar surface area (TPSA) is 76.1 Å². The van der Waals surface area contributed by atoms with Crippen molar-refractivity contribution < 1.29 is 9.53 Å². The highest BCUT2D eigenvalue weighted by Crippen LogP contribution is 2.32. The third kappa shape index (κ3) is 3.62. The monoisotopic (exact) mass is 370 g/mol. The highest BCUT2D eigenvalue weighted by atomic mass is 32.1. The molecule has 136 valence electrons. The first-order valence-electron chi connectivity index (χ1n) is 8.38. The lowest BCUT2D eigenvalue weighted by molar-refractivity contribution is -0.121. The van der Waals surface area contributed by atoms with Gasteiger partial charge in [0.25, 0.3) is 0 Å². The molecule has 2 N–H and O–H groups in total. The number of carbonyl (C=O) groups excluding carboxylic acids is 1. The van der Waals surface area contributed by atoms with E-state index in [0.717, 1.165) is 27.1 Å². The van der Waals surface area contributed by atoms with Crippen LogP contribution in [0.1, 0.15) is 22.9 Å². The molecule has 0 radical (unpaired) electrons. The number of rotatable bonds is 6. The van der Waals surface area contributed by atoms with Gasteiger partial charge in [-0.3, -0.25) is 4.79 Å². The van der Waals surface area contributed by atoms with Crippen LogP contribution in [0.15, 0.2) is 30.6 Å². The summed E-state index contributed by atoms with van der Waals surface area (Å²) in [5, 5.41) is 7.14. The summed E-state index contributed by atoms with van der Waals surface area (Å²) in [4.78, 5) is 23.3. The number of amides is 1. The van der Waals surface area contributed by atoms with Crippen molar-refractivity contribution in [2.24, 2.45) is 0 Å². The number of thiophene rings is 1. The molecule has 0 fully saturated rings. The maximum atomic E-state index is 12.5. The molecule has 3 aromatic rings. The average Bonchev–Trinajstić information content (AvgIpc) is 2.94. The molecule has 3 rings (SSSR count). The Morgan fingerprint density at radius 3 is 2.81 bits per heavy atom. The number of carbonyl (C=O) groups is 1. The third-order valence-corrected chi connectivity index (χ3v) is 5.47. The molecule has 26 heavy (non-hydrogen) atoms. The van der Waals surface area contributed by atoms with E-state index in [0.29, 0.717) is 12.4 Å². The fraction of sp³-hybridized carbons (Fsp3) is 0.316. The molecule has 1 aromatic carbocycles. The first-order chi connectivity index (χ1) is 12.5. The van der Waals surface area contributed by atoms with Gasteiger partial charge in [-0.2, -0.15) is 0 Å². The summed E-state index contributed by atoms with van der Waals surface area (Å²) in [5.41, 5.74) is 2.08. The molecule has 6 nitrogen and oxygen atoms in total. The van der Waals surface area contributed by atoms with Gasteiger partial charge in [-0.05, 0) is 32.4 Å². The summed E-state index contributed by atoms with van der Waals surface area (Å²) in [6.45, 7) is 6.34. The van der Waals surface area contributed by atoms with Gasteiger partial charge in [-0.1, -0.05) is 18.2 Å². The summed E-state index contributed by atoms with van der Waals surface area (Å²) in [5.74, 6) is 1.35. The Bertz CT molecular complexity index is 938. The van der Waals surface area contributed by atoms with E-state index in [1.165, 1.54) is 11.2 Å². The van der Waals surface area contributed by atoms with E-state index in [1.807, 2.05) is 31.2 Å². The van der Waals surface area contributed by atoms with Gasteiger partial charge in [0.2, 0.25) is 5.91 Å². The number of hydrogen-bond acceptors (Lipinski definition) is 6. The van der Waals surface area contributed by atoms with Crippen molar-refractivity contribution in [2.75, 3.05) is 12.4 Å². The van der Waals surface area contributed by atoms with Crippen LogP contribution in [0.4, 0.5) is 5.82 Å². The second-order valence-corrected chi connectivity index (χ2v) is 7.28. The molecule has 1 atom stereocenters. The molecule has 0 aliphatic heterocycles. The molecular formula is C19H22N4O2S. The molecule has 0 aliphatic rings. The molecule has 7 heteroatoms. The van der Waals surface area contributed by atoms with Gasteiger partial charge >= 0.3 is 0 Å².